The molecule has 1 aliphatic rings. The van der Waals surface area contributed by atoms with Gasteiger partial charge in [0, 0.05) is 6.54 Å². The molecule has 0 aliphatic heterocycles. The standard InChI is InChI=1S/C14H20ClFN2/c1-13(2)5-6-14(8-13,9-17)18-12-7-10(16)3-4-11(12)15/h3-4,7,18H,5-6,8-9,17H2,1-2H3. The molecule has 1 aromatic rings. The average Bonchev–Trinajstić information content (AvgIpc) is 2.60. The number of hydrogen-bond donors (Lipinski definition) is 2. The molecule has 0 amide bonds. The molecule has 0 spiro atoms. The summed E-state index contributed by atoms with van der Waals surface area (Å²) >= 11 is 6.09. The van der Waals surface area contributed by atoms with Crippen molar-refractivity contribution in [2.75, 3.05) is 11.9 Å². The molecule has 100 valence electrons. The topological polar surface area (TPSA) is 38.0 Å². The van der Waals surface area contributed by atoms with Crippen molar-refractivity contribution >= 4 is 17.3 Å². The third kappa shape index (κ3) is 2.78. The fourth-order valence-electron chi connectivity index (χ4n) is 2.88. The molecule has 0 heterocycles. The van der Waals surface area contributed by atoms with Gasteiger partial charge in [-0.2, -0.15) is 0 Å². The minimum absolute atomic E-state index is 0.166. The molecule has 3 N–H and O–H groups in total. The van der Waals surface area contributed by atoms with E-state index in [0.717, 1.165) is 19.3 Å². The molecule has 0 radical (unpaired) electrons. The van der Waals surface area contributed by atoms with Crippen LogP contribution in [-0.2, 0) is 0 Å². The van der Waals surface area contributed by atoms with Crippen LogP contribution in [0.2, 0.25) is 5.02 Å². The van der Waals surface area contributed by atoms with Crippen molar-refractivity contribution in [1.82, 2.24) is 0 Å². The third-order valence-electron chi connectivity index (χ3n) is 3.82. The van der Waals surface area contributed by atoms with Crippen LogP contribution in [0.3, 0.4) is 0 Å². The number of benzene rings is 1. The maximum absolute atomic E-state index is 13.3. The maximum atomic E-state index is 13.3. The van der Waals surface area contributed by atoms with Crippen molar-refractivity contribution in [3.05, 3.63) is 29.0 Å². The zero-order valence-electron chi connectivity index (χ0n) is 10.9. The highest BCUT2D eigenvalue weighted by Gasteiger charge is 2.42. The Balaban J connectivity index is 2.23. The first-order valence-corrected chi connectivity index (χ1v) is 6.67. The highest BCUT2D eigenvalue weighted by Crippen LogP contribution is 2.45. The summed E-state index contributed by atoms with van der Waals surface area (Å²) in [6, 6.07) is 4.37. The van der Waals surface area contributed by atoms with E-state index < -0.39 is 0 Å². The highest BCUT2D eigenvalue weighted by atomic mass is 35.5. The van der Waals surface area contributed by atoms with Gasteiger partial charge >= 0.3 is 0 Å². The first-order valence-electron chi connectivity index (χ1n) is 6.29. The summed E-state index contributed by atoms with van der Waals surface area (Å²) in [5.74, 6) is -0.286. The van der Waals surface area contributed by atoms with Crippen molar-refractivity contribution in [3.63, 3.8) is 0 Å². The normalized spacial score (nSPS) is 26.3. The van der Waals surface area contributed by atoms with Crippen LogP contribution in [0.15, 0.2) is 18.2 Å². The lowest BCUT2D eigenvalue weighted by Gasteiger charge is -2.32. The molecule has 0 aromatic heterocycles. The van der Waals surface area contributed by atoms with Gasteiger partial charge in [0.05, 0.1) is 16.2 Å². The van der Waals surface area contributed by atoms with Gasteiger partial charge in [-0.1, -0.05) is 25.4 Å². The molecule has 1 aromatic carbocycles. The first-order chi connectivity index (χ1) is 8.36. The van der Waals surface area contributed by atoms with Crippen LogP contribution in [-0.4, -0.2) is 12.1 Å². The smallest absolute Gasteiger partial charge is 0.125 e. The number of rotatable bonds is 3. The van der Waals surface area contributed by atoms with Gasteiger partial charge in [-0.05, 0) is 42.9 Å². The molecule has 0 saturated heterocycles. The van der Waals surface area contributed by atoms with Crippen molar-refractivity contribution in [3.8, 4) is 0 Å². The van der Waals surface area contributed by atoms with Gasteiger partial charge in [0.1, 0.15) is 5.82 Å². The van der Waals surface area contributed by atoms with Crippen molar-refractivity contribution in [2.24, 2.45) is 11.1 Å². The van der Waals surface area contributed by atoms with Crippen LogP contribution >= 0.6 is 11.6 Å². The summed E-state index contributed by atoms with van der Waals surface area (Å²) < 4.78 is 13.3. The molecule has 4 heteroatoms. The number of halogens is 2. The van der Waals surface area contributed by atoms with Crippen molar-refractivity contribution < 1.29 is 4.39 Å². The Hall–Kier alpha value is -0.800. The van der Waals surface area contributed by atoms with Gasteiger partial charge in [0.15, 0.2) is 0 Å². The molecule has 1 unspecified atom stereocenters. The summed E-state index contributed by atoms with van der Waals surface area (Å²) in [6.07, 6.45) is 3.08. The largest absolute Gasteiger partial charge is 0.377 e. The molecule has 1 aliphatic carbocycles. The quantitative estimate of drug-likeness (QED) is 0.877. The van der Waals surface area contributed by atoms with E-state index in [1.54, 1.807) is 6.07 Å². The van der Waals surface area contributed by atoms with Gasteiger partial charge in [0.25, 0.3) is 0 Å². The Morgan fingerprint density at radius 1 is 1.39 bits per heavy atom. The molecule has 1 fully saturated rings. The summed E-state index contributed by atoms with van der Waals surface area (Å²) in [5, 5.41) is 3.91. The van der Waals surface area contributed by atoms with Crippen LogP contribution in [0, 0.1) is 11.2 Å². The number of anilines is 1. The second-order valence-corrected chi connectivity index (χ2v) is 6.48. The number of hydrogen-bond acceptors (Lipinski definition) is 2. The van der Waals surface area contributed by atoms with Gasteiger partial charge in [-0.15, -0.1) is 0 Å². The predicted octanol–water partition coefficient (Wildman–Crippen LogP) is 3.80. The lowest BCUT2D eigenvalue weighted by atomic mass is 9.87. The van der Waals surface area contributed by atoms with Crippen LogP contribution in [0.1, 0.15) is 33.1 Å². The Morgan fingerprint density at radius 3 is 2.67 bits per heavy atom. The minimum Gasteiger partial charge on any atom is -0.377 e. The molecule has 1 saturated carbocycles. The fraction of sp³-hybridized carbons (Fsp3) is 0.571. The summed E-state index contributed by atoms with van der Waals surface area (Å²) in [7, 11) is 0. The van der Waals surface area contributed by atoms with E-state index in [0.29, 0.717) is 17.3 Å². The molecule has 1 atom stereocenters. The fourth-order valence-corrected chi connectivity index (χ4v) is 3.05. The van der Waals surface area contributed by atoms with E-state index in [1.165, 1.54) is 12.1 Å². The SMILES string of the molecule is CC1(C)CCC(CN)(Nc2cc(F)ccc2Cl)C1. The van der Waals surface area contributed by atoms with E-state index in [-0.39, 0.29) is 16.8 Å². The first kappa shape index (κ1) is 13.6. The molecular weight excluding hydrogens is 251 g/mol. The molecule has 18 heavy (non-hydrogen) atoms. The Kier molecular flexibility index (Phi) is 3.56. The van der Waals surface area contributed by atoms with Crippen molar-refractivity contribution in [1.29, 1.82) is 0 Å². The van der Waals surface area contributed by atoms with Crippen molar-refractivity contribution in [2.45, 2.75) is 38.6 Å². The molecule has 2 nitrogen and oxygen atoms in total. The average molecular weight is 271 g/mol. The molecule has 2 rings (SSSR count). The van der Waals surface area contributed by atoms with E-state index in [1.807, 2.05) is 0 Å². The lowest BCUT2D eigenvalue weighted by molar-refractivity contribution is 0.351. The number of nitrogens with one attached hydrogen (secondary N) is 1. The summed E-state index contributed by atoms with van der Waals surface area (Å²) in [5.41, 5.74) is 6.67. The zero-order valence-corrected chi connectivity index (χ0v) is 11.6. The van der Waals surface area contributed by atoms with Gasteiger partial charge in [0.2, 0.25) is 0 Å². The molecular formula is C14H20ClFN2. The summed E-state index contributed by atoms with van der Waals surface area (Å²) in [4.78, 5) is 0. The third-order valence-corrected chi connectivity index (χ3v) is 4.15. The van der Waals surface area contributed by atoms with Crippen LogP contribution in [0.25, 0.3) is 0 Å². The van der Waals surface area contributed by atoms with Gasteiger partial charge in [-0.25, -0.2) is 4.39 Å². The monoisotopic (exact) mass is 270 g/mol. The zero-order chi connectivity index (χ0) is 13.4. The summed E-state index contributed by atoms with van der Waals surface area (Å²) in [6.45, 7) is 5.00. The van der Waals surface area contributed by atoms with Crippen LogP contribution in [0.4, 0.5) is 10.1 Å². The molecule has 0 bridgehead atoms. The highest BCUT2D eigenvalue weighted by molar-refractivity contribution is 6.33. The predicted molar refractivity (Wildman–Crippen MR) is 74.5 cm³/mol. The van der Waals surface area contributed by atoms with E-state index in [9.17, 15) is 4.39 Å². The Morgan fingerprint density at radius 2 is 2.11 bits per heavy atom. The number of nitrogens with two attached hydrogens (primary N) is 1. The second kappa shape index (κ2) is 4.71. The Labute approximate surface area is 113 Å². The van der Waals surface area contributed by atoms with E-state index in [4.69, 9.17) is 17.3 Å². The van der Waals surface area contributed by atoms with Crippen LogP contribution < -0.4 is 11.1 Å². The van der Waals surface area contributed by atoms with Gasteiger partial charge in [-0.3, -0.25) is 0 Å². The van der Waals surface area contributed by atoms with E-state index in [2.05, 4.69) is 19.2 Å². The maximum Gasteiger partial charge on any atom is 0.125 e. The van der Waals surface area contributed by atoms with Gasteiger partial charge < -0.3 is 11.1 Å². The lowest BCUT2D eigenvalue weighted by Crippen LogP contribution is -2.43. The minimum atomic E-state index is -0.286. The second-order valence-electron chi connectivity index (χ2n) is 6.07. The Bertz CT molecular complexity index is 447. The van der Waals surface area contributed by atoms with E-state index >= 15 is 0 Å². The van der Waals surface area contributed by atoms with Crippen LogP contribution in [0.5, 0.6) is 0 Å².